The number of carbonyl (C=O) groups is 1. The molecule has 18 heavy (non-hydrogen) atoms. The Morgan fingerprint density at radius 2 is 1.94 bits per heavy atom. The Hall–Kier alpha value is -0.570. The van der Waals surface area contributed by atoms with E-state index in [-0.39, 0.29) is 17.9 Å². The molecule has 0 aromatic heterocycles. The molecule has 3 nitrogen and oxygen atoms in total. The molecule has 0 saturated heterocycles. The van der Waals surface area contributed by atoms with Crippen LogP contribution in [-0.2, 0) is 4.79 Å². The van der Waals surface area contributed by atoms with Gasteiger partial charge in [0, 0.05) is 6.04 Å². The van der Waals surface area contributed by atoms with Crippen molar-refractivity contribution >= 4 is 5.97 Å². The fourth-order valence-corrected chi connectivity index (χ4v) is 3.36. The van der Waals surface area contributed by atoms with Crippen molar-refractivity contribution in [3.8, 4) is 0 Å². The average molecular weight is 255 g/mol. The van der Waals surface area contributed by atoms with Crippen LogP contribution in [0.15, 0.2) is 0 Å². The molecule has 1 fully saturated rings. The summed E-state index contributed by atoms with van der Waals surface area (Å²) in [6.07, 6.45) is 5.58. The summed E-state index contributed by atoms with van der Waals surface area (Å²) >= 11 is 0. The molecule has 1 aliphatic carbocycles. The molecule has 3 N–H and O–H groups in total. The van der Waals surface area contributed by atoms with Crippen molar-refractivity contribution in [1.82, 2.24) is 0 Å². The highest BCUT2D eigenvalue weighted by Gasteiger charge is 2.42. The second-order valence-corrected chi connectivity index (χ2v) is 6.84. The van der Waals surface area contributed by atoms with Gasteiger partial charge < -0.3 is 10.8 Å². The summed E-state index contributed by atoms with van der Waals surface area (Å²) in [6.45, 7) is 8.86. The zero-order chi connectivity index (χ0) is 14.0. The summed E-state index contributed by atoms with van der Waals surface area (Å²) in [6, 6.07) is -0.0284. The molecule has 0 heterocycles. The number of carboxylic acids is 1. The monoisotopic (exact) mass is 255 g/mol. The zero-order valence-electron chi connectivity index (χ0n) is 12.3. The van der Waals surface area contributed by atoms with Crippen molar-refractivity contribution in [3.63, 3.8) is 0 Å². The van der Waals surface area contributed by atoms with Gasteiger partial charge in [-0.15, -0.1) is 0 Å². The molecule has 0 aromatic rings. The van der Waals surface area contributed by atoms with E-state index in [2.05, 4.69) is 20.8 Å². The molecular weight excluding hydrogens is 226 g/mol. The number of rotatable bonds is 5. The van der Waals surface area contributed by atoms with Crippen molar-refractivity contribution < 1.29 is 9.90 Å². The number of nitrogens with two attached hydrogens (primary N) is 1. The third-order valence-corrected chi connectivity index (χ3v) is 5.47. The molecule has 1 rings (SSSR count). The number of hydrogen-bond donors (Lipinski definition) is 2. The summed E-state index contributed by atoms with van der Waals surface area (Å²) in [7, 11) is 0. The van der Waals surface area contributed by atoms with Crippen LogP contribution >= 0.6 is 0 Å². The van der Waals surface area contributed by atoms with Gasteiger partial charge in [0.2, 0.25) is 0 Å². The third kappa shape index (κ3) is 3.25. The van der Waals surface area contributed by atoms with Crippen molar-refractivity contribution in [1.29, 1.82) is 0 Å². The van der Waals surface area contributed by atoms with Crippen LogP contribution in [0.25, 0.3) is 0 Å². The van der Waals surface area contributed by atoms with Crippen LogP contribution in [0.4, 0.5) is 0 Å². The third-order valence-electron chi connectivity index (χ3n) is 5.47. The molecular formula is C15H29NO2. The maximum absolute atomic E-state index is 11.1. The molecule has 0 aliphatic heterocycles. The minimum Gasteiger partial charge on any atom is -0.481 e. The highest BCUT2D eigenvalue weighted by Crippen LogP contribution is 2.49. The highest BCUT2D eigenvalue weighted by atomic mass is 16.4. The van der Waals surface area contributed by atoms with Crippen LogP contribution in [-0.4, -0.2) is 17.1 Å². The Balaban J connectivity index is 2.72. The van der Waals surface area contributed by atoms with Crippen LogP contribution in [0.2, 0.25) is 0 Å². The van der Waals surface area contributed by atoms with Crippen LogP contribution < -0.4 is 5.73 Å². The molecule has 3 heteroatoms. The Morgan fingerprint density at radius 3 is 2.28 bits per heavy atom. The van der Waals surface area contributed by atoms with Gasteiger partial charge in [-0.1, -0.05) is 27.2 Å². The van der Waals surface area contributed by atoms with Gasteiger partial charge in [0.05, 0.1) is 6.42 Å². The first-order valence-electron chi connectivity index (χ1n) is 7.21. The van der Waals surface area contributed by atoms with Gasteiger partial charge in [-0.05, 0) is 49.4 Å². The van der Waals surface area contributed by atoms with Crippen molar-refractivity contribution in [3.05, 3.63) is 0 Å². The molecule has 1 aliphatic rings. The van der Waals surface area contributed by atoms with Gasteiger partial charge in [0.15, 0.2) is 0 Å². The zero-order valence-corrected chi connectivity index (χ0v) is 12.3. The molecule has 0 bridgehead atoms. The van der Waals surface area contributed by atoms with Crippen LogP contribution in [0, 0.1) is 16.7 Å². The lowest BCUT2D eigenvalue weighted by molar-refractivity contribution is -0.141. The Labute approximate surface area is 111 Å². The molecule has 1 saturated carbocycles. The standard InChI is InChI=1S/C15H29NO2/c1-5-14(3,4)12-6-8-15(9-7-12,11(2)16)10-13(17)18/h11-12H,5-10,16H2,1-4H3,(H,17,18). The molecule has 0 amide bonds. The summed E-state index contributed by atoms with van der Waals surface area (Å²) < 4.78 is 0. The SMILES string of the molecule is CCC(C)(C)C1CCC(CC(=O)O)(C(C)N)CC1. The molecule has 106 valence electrons. The lowest BCUT2D eigenvalue weighted by Crippen LogP contribution is -2.45. The number of carboxylic acid groups (broad SMARTS) is 1. The Kier molecular flexibility index (Phi) is 4.82. The fraction of sp³-hybridized carbons (Fsp3) is 0.933. The molecule has 1 unspecified atom stereocenters. The van der Waals surface area contributed by atoms with E-state index in [0.717, 1.165) is 25.7 Å². The Bertz CT molecular complexity index is 289. The maximum Gasteiger partial charge on any atom is 0.303 e. The summed E-state index contributed by atoms with van der Waals surface area (Å²) in [4.78, 5) is 11.1. The largest absolute Gasteiger partial charge is 0.481 e. The minimum atomic E-state index is -0.708. The minimum absolute atomic E-state index is 0.0284. The van der Waals surface area contributed by atoms with Gasteiger partial charge in [-0.25, -0.2) is 0 Å². The smallest absolute Gasteiger partial charge is 0.303 e. The van der Waals surface area contributed by atoms with E-state index >= 15 is 0 Å². The number of hydrogen-bond acceptors (Lipinski definition) is 2. The van der Waals surface area contributed by atoms with Gasteiger partial charge in [0.25, 0.3) is 0 Å². The van der Waals surface area contributed by atoms with E-state index in [9.17, 15) is 4.79 Å². The van der Waals surface area contributed by atoms with E-state index < -0.39 is 5.97 Å². The van der Waals surface area contributed by atoms with E-state index in [1.807, 2.05) is 6.92 Å². The number of aliphatic carboxylic acids is 1. The first kappa shape index (κ1) is 15.5. The van der Waals surface area contributed by atoms with E-state index in [1.165, 1.54) is 6.42 Å². The normalized spacial score (nSPS) is 31.1. The second kappa shape index (κ2) is 5.60. The first-order chi connectivity index (χ1) is 8.23. The topological polar surface area (TPSA) is 63.3 Å². The van der Waals surface area contributed by atoms with E-state index in [1.54, 1.807) is 0 Å². The van der Waals surface area contributed by atoms with Crippen LogP contribution in [0.3, 0.4) is 0 Å². The van der Waals surface area contributed by atoms with Gasteiger partial charge in [-0.2, -0.15) is 0 Å². The van der Waals surface area contributed by atoms with Gasteiger partial charge >= 0.3 is 5.97 Å². The van der Waals surface area contributed by atoms with Crippen LogP contribution in [0.1, 0.15) is 66.2 Å². The van der Waals surface area contributed by atoms with E-state index in [4.69, 9.17) is 10.8 Å². The lowest BCUT2D eigenvalue weighted by Gasteiger charge is -2.46. The molecule has 0 spiro atoms. The summed E-state index contributed by atoms with van der Waals surface area (Å²) in [5.74, 6) is 0.00340. The molecule has 1 atom stereocenters. The quantitative estimate of drug-likeness (QED) is 0.791. The molecule has 0 radical (unpaired) electrons. The van der Waals surface area contributed by atoms with Crippen molar-refractivity contribution in [2.45, 2.75) is 72.3 Å². The maximum atomic E-state index is 11.1. The lowest BCUT2D eigenvalue weighted by atomic mass is 9.60. The first-order valence-corrected chi connectivity index (χ1v) is 7.21. The predicted molar refractivity (Wildman–Crippen MR) is 74.4 cm³/mol. The van der Waals surface area contributed by atoms with Gasteiger partial charge in [0.1, 0.15) is 0 Å². The van der Waals surface area contributed by atoms with Crippen LogP contribution in [0.5, 0.6) is 0 Å². The van der Waals surface area contributed by atoms with E-state index in [0.29, 0.717) is 11.3 Å². The Morgan fingerprint density at radius 1 is 1.44 bits per heavy atom. The van der Waals surface area contributed by atoms with Gasteiger partial charge in [-0.3, -0.25) is 4.79 Å². The fourth-order valence-electron chi connectivity index (χ4n) is 3.36. The summed E-state index contributed by atoms with van der Waals surface area (Å²) in [5, 5.41) is 9.10. The molecule has 0 aromatic carbocycles. The predicted octanol–water partition coefficient (Wildman–Crippen LogP) is 3.42. The highest BCUT2D eigenvalue weighted by molar-refractivity contribution is 5.67. The van der Waals surface area contributed by atoms with Crippen molar-refractivity contribution in [2.24, 2.45) is 22.5 Å². The summed E-state index contributed by atoms with van der Waals surface area (Å²) in [5.41, 5.74) is 6.27. The van der Waals surface area contributed by atoms with Crippen molar-refractivity contribution in [2.75, 3.05) is 0 Å². The second-order valence-electron chi connectivity index (χ2n) is 6.84. The average Bonchev–Trinajstić information content (AvgIpc) is 2.28.